The van der Waals surface area contributed by atoms with Gasteiger partial charge in [0.05, 0.1) is 17.1 Å². The number of nitrogens with zero attached hydrogens (tertiary/aromatic N) is 1. The van der Waals surface area contributed by atoms with Gasteiger partial charge in [-0.25, -0.2) is 0 Å². The van der Waals surface area contributed by atoms with Gasteiger partial charge in [-0.1, -0.05) is 15.9 Å². The summed E-state index contributed by atoms with van der Waals surface area (Å²) in [6, 6.07) is 1.62. The number of methoxy groups -OCH3 is 1. The number of alkyl halides is 1. The Hall–Kier alpha value is -0.940. The first-order chi connectivity index (χ1) is 6.79. The molecule has 0 saturated carbocycles. The largest absolute Gasteiger partial charge is 0.465 e. The standard InChI is InChI=1S/C9H10BrNO3/c1-13-6-14-9-5-11-3-2-7(9)8(12)4-10/h2-3,5H,4,6H2,1H3. The van der Waals surface area contributed by atoms with Crippen LogP contribution in [0, 0.1) is 0 Å². The van der Waals surface area contributed by atoms with E-state index in [0.717, 1.165) is 0 Å². The molecule has 0 N–H and O–H groups in total. The van der Waals surface area contributed by atoms with Crippen LogP contribution in [0.4, 0.5) is 0 Å². The number of pyridine rings is 1. The summed E-state index contributed by atoms with van der Waals surface area (Å²) < 4.78 is 9.92. The van der Waals surface area contributed by atoms with Gasteiger partial charge in [0.1, 0.15) is 0 Å². The number of carbonyl (C=O) groups is 1. The van der Waals surface area contributed by atoms with Crippen molar-refractivity contribution in [3.63, 3.8) is 0 Å². The number of ether oxygens (including phenoxy) is 2. The summed E-state index contributed by atoms with van der Waals surface area (Å²) in [5.74, 6) is 0.400. The second kappa shape index (κ2) is 5.72. The quantitative estimate of drug-likeness (QED) is 0.458. The fourth-order valence-corrected chi connectivity index (χ4v) is 1.22. The van der Waals surface area contributed by atoms with Crippen molar-refractivity contribution in [2.75, 3.05) is 19.2 Å². The molecule has 0 radical (unpaired) electrons. The van der Waals surface area contributed by atoms with Crippen LogP contribution >= 0.6 is 15.9 Å². The van der Waals surface area contributed by atoms with E-state index < -0.39 is 0 Å². The van der Waals surface area contributed by atoms with E-state index in [1.54, 1.807) is 12.3 Å². The summed E-state index contributed by atoms with van der Waals surface area (Å²) in [6.07, 6.45) is 3.05. The topological polar surface area (TPSA) is 48.4 Å². The van der Waals surface area contributed by atoms with Gasteiger partial charge in [-0.05, 0) is 6.07 Å². The lowest BCUT2D eigenvalue weighted by Crippen LogP contribution is -2.07. The van der Waals surface area contributed by atoms with Crippen LogP contribution in [-0.2, 0) is 4.74 Å². The fourth-order valence-electron chi connectivity index (χ4n) is 0.920. The van der Waals surface area contributed by atoms with Gasteiger partial charge in [0.25, 0.3) is 0 Å². The van der Waals surface area contributed by atoms with Crippen LogP contribution in [0.3, 0.4) is 0 Å². The minimum Gasteiger partial charge on any atom is -0.465 e. The Bertz CT molecular complexity index is 317. The number of aromatic nitrogens is 1. The van der Waals surface area contributed by atoms with Gasteiger partial charge in [0, 0.05) is 13.3 Å². The third kappa shape index (κ3) is 2.78. The lowest BCUT2D eigenvalue weighted by Gasteiger charge is -2.07. The zero-order valence-electron chi connectivity index (χ0n) is 7.70. The molecule has 0 spiro atoms. The van der Waals surface area contributed by atoms with Crippen LogP contribution in [0.25, 0.3) is 0 Å². The Kier molecular flexibility index (Phi) is 4.55. The second-order valence-corrected chi connectivity index (χ2v) is 3.04. The van der Waals surface area contributed by atoms with Crippen LogP contribution in [0.1, 0.15) is 10.4 Å². The average Bonchev–Trinajstić information content (AvgIpc) is 2.25. The van der Waals surface area contributed by atoms with E-state index in [9.17, 15) is 4.79 Å². The molecule has 0 bridgehead atoms. The van der Waals surface area contributed by atoms with Crippen LogP contribution < -0.4 is 4.74 Å². The Balaban J connectivity index is 2.85. The number of Topliss-reactive ketones (excluding diaryl/α,β-unsaturated/α-hetero) is 1. The molecule has 1 heterocycles. The van der Waals surface area contributed by atoms with E-state index >= 15 is 0 Å². The number of halogens is 1. The zero-order chi connectivity index (χ0) is 10.4. The first-order valence-electron chi connectivity index (χ1n) is 3.94. The second-order valence-electron chi connectivity index (χ2n) is 2.48. The van der Waals surface area contributed by atoms with Crippen molar-refractivity contribution in [3.8, 4) is 5.75 Å². The number of hydrogen-bond acceptors (Lipinski definition) is 4. The van der Waals surface area contributed by atoms with Crippen molar-refractivity contribution in [3.05, 3.63) is 24.0 Å². The summed E-state index contributed by atoms with van der Waals surface area (Å²) in [4.78, 5) is 15.3. The minimum atomic E-state index is -0.0431. The number of hydrogen-bond donors (Lipinski definition) is 0. The van der Waals surface area contributed by atoms with Gasteiger partial charge >= 0.3 is 0 Å². The highest BCUT2D eigenvalue weighted by Crippen LogP contribution is 2.17. The minimum absolute atomic E-state index is 0.0431. The normalized spacial score (nSPS) is 9.86. The van der Waals surface area contributed by atoms with Gasteiger partial charge in [0.2, 0.25) is 0 Å². The molecule has 0 amide bonds. The van der Waals surface area contributed by atoms with Crippen LogP contribution in [0.5, 0.6) is 5.75 Å². The Morgan fingerprint density at radius 2 is 2.43 bits per heavy atom. The monoisotopic (exact) mass is 259 g/mol. The molecule has 1 aromatic rings. The Labute approximate surface area is 90.4 Å². The molecule has 0 aromatic carbocycles. The molecule has 14 heavy (non-hydrogen) atoms. The van der Waals surface area contributed by atoms with Crippen LogP contribution in [-0.4, -0.2) is 30.0 Å². The van der Waals surface area contributed by atoms with Crippen molar-refractivity contribution in [2.24, 2.45) is 0 Å². The van der Waals surface area contributed by atoms with Gasteiger partial charge < -0.3 is 9.47 Å². The number of rotatable bonds is 5. The highest BCUT2D eigenvalue weighted by atomic mass is 79.9. The molecule has 0 saturated heterocycles. The van der Waals surface area contributed by atoms with E-state index in [1.165, 1.54) is 13.3 Å². The SMILES string of the molecule is COCOc1cnccc1C(=O)CBr. The molecule has 1 aromatic heterocycles. The molecule has 76 valence electrons. The summed E-state index contributed by atoms with van der Waals surface area (Å²) in [6.45, 7) is 0.105. The van der Waals surface area contributed by atoms with Crippen molar-refractivity contribution in [1.82, 2.24) is 4.98 Å². The molecule has 5 heteroatoms. The van der Waals surface area contributed by atoms with Crippen molar-refractivity contribution < 1.29 is 14.3 Å². The molecule has 1 rings (SSSR count). The molecular weight excluding hydrogens is 250 g/mol. The smallest absolute Gasteiger partial charge is 0.188 e. The average molecular weight is 260 g/mol. The first-order valence-corrected chi connectivity index (χ1v) is 5.06. The molecule has 0 aliphatic rings. The maximum absolute atomic E-state index is 11.4. The third-order valence-corrected chi connectivity index (χ3v) is 2.05. The lowest BCUT2D eigenvalue weighted by molar-refractivity contribution is 0.0500. The van der Waals surface area contributed by atoms with Crippen LogP contribution in [0.2, 0.25) is 0 Å². The maximum Gasteiger partial charge on any atom is 0.188 e. The Morgan fingerprint density at radius 3 is 3.07 bits per heavy atom. The molecule has 0 fully saturated rings. The van der Waals surface area contributed by atoms with Crippen molar-refractivity contribution in [1.29, 1.82) is 0 Å². The van der Waals surface area contributed by atoms with E-state index in [1.807, 2.05) is 0 Å². The summed E-state index contributed by atoms with van der Waals surface area (Å²) >= 11 is 3.10. The van der Waals surface area contributed by atoms with E-state index in [2.05, 4.69) is 20.9 Å². The molecule has 0 aliphatic heterocycles. The first kappa shape index (κ1) is 11.1. The number of carbonyl (C=O) groups excluding carboxylic acids is 1. The summed E-state index contributed by atoms with van der Waals surface area (Å²) in [5, 5.41) is 0.264. The fraction of sp³-hybridized carbons (Fsp3) is 0.333. The molecular formula is C9H10BrNO3. The van der Waals surface area contributed by atoms with Gasteiger partial charge in [-0.3, -0.25) is 9.78 Å². The predicted molar refractivity (Wildman–Crippen MR) is 54.9 cm³/mol. The van der Waals surface area contributed by atoms with Gasteiger partial charge in [0.15, 0.2) is 18.3 Å². The highest BCUT2D eigenvalue weighted by molar-refractivity contribution is 9.09. The Morgan fingerprint density at radius 1 is 1.64 bits per heavy atom. The maximum atomic E-state index is 11.4. The summed E-state index contributed by atoms with van der Waals surface area (Å²) in [5.41, 5.74) is 0.508. The molecule has 4 nitrogen and oxygen atoms in total. The van der Waals surface area contributed by atoms with Gasteiger partial charge in [-0.15, -0.1) is 0 Å². The van der Waals surface area contributed by atoms with Crippen molar-refractivity contribution >= 4 is 21.7 Å². The van der Waals surface area contributed by atoms with E-state index in [4.69, 9.17) is 9.47 Å². The van der Waals surface area contributed by atoms with Crippen LogP contribution in [0.15, 0.2) is 18.5 Å². The molecule has 0 aliphatic carbocycles. The van der Waals surface area contributed by atoms with E-state index in [0.29, 0.717) is 11.3 Å². The van der Waals surface area contributed by atoms with E-state index in [-0.39, 0.29) is 17.9 Å². The number of ketones is 1. The zero-order valence-corrected chi connectivity index (χ0v) is 9.28. The molecule has 0 atom stereocenters. The molecule has 0 unspecified atom stereocenters. The highest BCUT2D eigenvalue weighted by Gasteiger charge is 2.10. The predicted octanol–water partition coefficient (Wildman–Crippen LogP) is 1.64. The lowest BCUT2D eigenvalue weighted by atomic mass is 10.2. The third-order valence-electron chi connectivity index (χ3n) is 1.54. The van der Waals surface area contributed by atoms with Crippen molar-refractivity contribution in [2.45, 2.75) is 0 Å². The van der Waals surface area contributed by atoms with Gasteiger partial charge in [-0.2, -0.15) is 0 Å². The summed E-state index contributed by atoms with van der Waals surface area (Å²) in [7, 11) is 1.52.